The average molecular weight is 331 g/mol. The van der Waals surface area contributed by atoms with Gasteiger partial charge in [0.1, 0.15) is 11.6 Å². The van der Waals surface area contributed by atoms with Gasteiger partial charge >= 0.3 is 6.09 Å². The summed E-state index contributed by atoms with van der Waals surface area (Å²) < 4.78 is 10.4. The van der Waals surface area contributed by atoms with Gasteiger partial charge in [-0.25, -0.2) is 9.78 Å². The summed E-state index contributed by atoms with van der Waals surface area (Å²) in [6.07, 6.45) is 2.29. The maximum absolute atomic E-state index is 12.2. The second-order valence-electron chi connectivity index (χ2n) is 6.30. The number of nitrogens with zero attached hydrogens (tertiary/aromatic N) is 1. The van der Waals surface area contributed by atoms with Crippen LogP contribution in [0, 0.1) is 0 Å². The fourth-order valence-electron chi connectivity index (χ4n) is 1.91. The Morgan fingerprint density at radius 1 is 1.29 bits per heavy atom. The number of carbonyl (C=O) groups is 2. The zero-order chi connectivity index (χ0) is 17.7. The summed E-state index contributed by atoms with van der Waals surface area (Å²) in [5.74, 6) is 0.251. The second-order valence-corrected chi connectivity index (χ2v) is 6.30. The Balaban J connectivity index is 1.97. The van der Waals surface area contributed by atoms with E-state index in [0.29, 0.717) is 11.4 Å². The van der Waals surface area contributed by atoms with E-state index in [2.05, 4.69) is 15.6 Å². The number of aromatic nitrogens is 1. The molecule has 0 aliphatic rings. The van der Waals surface area contributed by atoms with Crippen LogP contribution < -0.4 is 10.6 Å². The lowest BCUT2D eigenvalue weighted by atomic mass is 10.1. The molecule has 0 saturated heterocycles. The smallest absolute Gasteiger partial charge is 0.408 e. The zero-order valence-corrected chi connectivity index (χ0v) is 14.1. The summed E-state index contributed by atoms with van der Waals surface area (Å²) in [4.78, 5) is 27.8. The number of carbonyl (C=O) groups excluding carboxylic acids is 2. The Kier molecular flexibility index (Phi) is 5.23. The van der Waals surface area contributed by atoms with E-state index >= 15 is 0 Å². The normalized spacial score (nSPS) is 12.3. The van der Waals surface area contributed by atoms with E-state index in [-0.39, 0.29) is 5.91 Å². The number of benzene rings is 1. The monoisotopic (exact) mass is 331 g/mol. The third-order valence-electron chi connectivity index (χ3n) is 2.97. The molecule has 1 aromatic carbocycles. The quantitative estimate of drug-likeness (QED) is 0.897. The van der Waals surface area contributed by atoms with Crippen LogP contribution in [0.2, 0.25) is 0 Å². The molecule has 0 radical (unpaired) electrons. The Labute approximate surface area is 140 Å². The number of ether oxygens (including phenoxy) is 1. The number of hydrogen-bond acceptors (Lipinski definition) is 5. The van der Waals surface area contributed by atoms with E-state index in [0.717, 1.165) is 5.56 Å². The summed E-state index contributed by atoms with van der Waals surface area (Å²) in [7, 11) is 0. The molecule has 128 valence electrons. The van der Waals surface area contributed by atoms with Crippen molar-refractivity contribution in [2.75, 3.05) is 5.32 Å². The van der Waals surface area contributed by atoms with Crippen LogP contribution in [0.25, 0.3) is 11.3 Å². The van der Waals surface area contributed by atoms with Gasteiger partial charge in [0.25, 0.3) is 0 Å². The third kappa shape index (κ3) is 5.12. The van der Waals surface area contributed by atoms with Crippen LogP contribution >= 0.6 is 0 Å². The van der Waals surface area contributed by atoms with Crippen LogP contribution in [-0.2, 0) is 9.53 Å². The van der Waals surface area contributed by atoms with Crippen LogP contribution in [0.5, 0.6) is 0 Å². The highest BCUT2D eigenvalue weighted by atomic mass is 16.6. The number of hydrogen-bond donors (Lipinski definition) is 2. The van der Waals surface area contributed by atoms with Gasteiger partial charge in [-0.05, 0) is 39.8 Å². The molecule has 1 heterocycles. The molecule has 2 rings (SSSR count). The molecule has 7 heteroatoms. The molecule has 2 N–H and O–H groups in total. The predicted molar refractivity (Wildman–Crippen MR) is 89.4 cm³/mol. The molecule has 2 aromatic rings. The molecule has 1 atom stereocenters. The van der Waals surface area contributed by atoms with Crippen molar-refractivity contribution in [2.24, 2.45) is 0 Å². The van der Waals surface area contributed by atoms with Gasteiger partial charge in [-0.3, -0.25) is 4.79 Å². The first-order valence-corrected chi connectivity index (χ1v) is 7.54. The minimum atomic E-state index is -0.742. The molecule has 0 bridgehead atoms. The molecule has 0 saturated carbocycles. The van der Waals surface area contributed by atoms with Gasteiger partial charge in [-0.2, -0.15) is 0 Å². The SMILES string of the molecule is C[C@@H](NC(=O)OC(C)(C)C)C(=O)Nc1cccc(-c2cnco2)c1. The van der Waals surface area contributed by atoms with E-state index in [1.165, 1.54) is 6.39 Å². The van der Waals surface area contributed by atoms with Crippen LogP contribution in [-0.4, -0.2) is 28.6 Å². The van der Waals surface area contributed by atoms with Gasteiger partial charge in [0.05, 0.1) is 6.20 Å². The number of anilines is 1. The Hall–Kier alpha value is -2.83. The van der Waals surface area contributed by atoms with Crippen molar-refractivity contribution >= 4 is 17.7 Å². The van der Waals surface area contributed by atoms with Crippen LogP contribution in [0.4, 0.5) is 10.5 Å². The highest BCUT2D eigenvalue weighted by Gasteiger charge is 2.21. The molecular formula is C17H21N3O4. The summed E-state index contributed by atoms with van der Waals surface area (Å²) in [5.41, 5.74) is 0.760. The summed E-state index contributed by atoms with van der Waals surface area (Å²) in [5, 5.41) is 5.24. The van der Waals surface area contributed by atoms with Crippen molar-refractivity contribution in [2.45, 2.75) is 39.3 Å². The average Bonchev–Trinajstić information content (AvgIpc) is 2.99. The molecule has 2 amide bonds. The molecule has 0 aliphatic heterocycles. The van der Waals surface area contributed by atoms with Crippen molar-refractivity contribution in [1.82, 2.24) is 10.3 Å². The van der Waals surface area contributed by atoms with Crippen molar-refractivity contribution in [1.29, 1.82) is 0 Å². The molecule has 1 aromatic heterocycles. The number of amides is 2. The standard InChI is InChI=1S/C17H21N3O4/c1-11(19-16(22)24-17(2,3)4)15(21)20-13-7-5-6-12(8-13)14-9-18-10-23-14/h5-11H,1-4H3,(H,19,22)(H,20,21)/t11-/m1/s1. The molecule has 0 spiro atoms. The van der Waals surface area contributed by atoms with Gasteiger partial charge < -0.3 is 19.8 Å². The topological polar surface area (TPSA) is 93.5 Å². The number of alkyl carbamates (subject to hydrolysis) is 1. The summed E-state index contributed by atoms with van der Waals surface area (Å²) in [6, 6.07) is 6.41. The Morgan fingerprint density at radius 3 is 2.67 bits per heavy atom. The van der Waals surface area contributed by atoms with Gasteiger partial charge in [0.2, 0.25) is 5.91 Å². The van der Waals surface area contributed by atoms with Gasteiger partial charge in [0.15, 0.2) is 12.2 Å². The van der Waals surface area contributed by atoms with Crippen molar-refractivity contribution in [3.05, 3.63) is 36.9 Å². The lowest BCUT2D eigenvalue weighted by Crippen LogP contribution is -2.43. The second kappa shape index (κ2) is 7.16. The third-order valence-corrected chi connectivity index (χ3v) is 2.97. The van der Waals surface area contributed by atoms with Crippen LogP contribution in [0.15, 0.2) is 41.3 Å². The number of oxazole rings is 1. The lowest BCUT2D eigenvalue weighted by molar-refractivity contribution is -0.117. The molecule has 0 aliphatic carbocycles. The number of rotatable bonds is 4. The zero-order valence-electron chi connectivity index (χ0n) is 14.1. The predicted octanol–water partition coefficient (Wildman–Crippen LogP) is 3.19. The van der Waals surface area contributed by atoms with Crippen LogP contribution in [0.1, 0.15) is 27.7 Å². The van der Waals surface area contributed by atoms with E-state index < -0.39 is 17.7 Å². The fraction of sp³-hybridized carbons (Fsp3) is 0.353. The van der Waals surface area contributed by atoms with E-state index in [4.69, 9.17) is 9.15 Å². The first-order chi connectivity index (χ1) is 11.2. The van der Waals surface area contributed by atoms with Gasteiger partial charge in [0, 0.05) is 11.3 Å². The minimum absolute atomic E-state index is 0.351. The van der Waals surface area contributed by atoms with E-state index in [9.17, 15) is 9.59 Å². The summed E-state index contributed by atoms with van der Waals surface area (Å²) in [6.45, 7) is 6.85. The van der Waals surface area contributed by atoms with Crippen molar-refractivity contribution in [3.8, 4) is 11.3 Å². The molecule has 0 unspecified atom stereocenters. The van der Waals surface area contributed by atoms with E-state index in [1.54, 1.807) is 52.1 Å². The van der Waals surface area contributed by atoms with Crippen molar-refractivity contribution < 1.29 is 18.7 Å². The van der Waals surface area contributed by atoms with Gasteiger partial charge in [-0.1, -0.05) is 12.1 Å². The van der Waals surface area contributed by atoms with Gasteiger partial charge in [-0.15, -0.1) is 0 Å². The molecule has 0 fully saturated rings. The molecule has 7 nitrogen and oxygen atoms in total. The lowest BCUT2D eigenvalue weighted by Gasteiger charge is -2.21. The fourth-order valence-corrected chi connectivity index (χ4v) is 1.91. The maximum Gasteiger partial charge on any atom is 0.408 e. The minimum Gasteiger partial charge on any atom is -0.444 e. The maximum atomic E-state index is 12.2. The first-order valence-electron chi connectivity index (χ1n) is 7.54. The summed E-state index contributed by atoms with van der Waals surface area (Å²) >= 11 is 0. The molecule has 24 heavy (non-hydrogen) atoms. The highest BCUT2D eigenvalue weighted by molar-refractivity contribution is 5.96. The van der Waals surface area contributed by atoms with Crippen LogP contribution in [0.3, 0.4) is 0 Å². The Morgan fingerprint density at radius 2 is 2.04 bits per heavy atom. The van der Waals surface area contributed by atoms with Crippen molar-refractivity contribution in [3.63, 3.8) is 0 Å². The highest BCUT2D eigenvalue weighted by Crippen LogP contribution is 2.22. The van der Waals surface area contributed by atoms with E-state index in [1.807, 2.05) is 6.07 Å². The largest absolute Gasteiger partial charge is 0.444 e. The number of nitrogens with one attached hydrogen (secondary N) is 2. The first kappa shape index (κ1) is 17.5. The Bertz CT molecular complexity index is 705. The molecular weight excluding hydrogens is 310 g/mol.